The summed E-state index contributed by atoms with van der Waals surface area (Å²) in [5.41, 5.74) is 3.15. The normalized spacial score (nSPS) is 14.7. The molecule has 1 aliphatic rings. The molecule has 0 unspecified atom stereocenters. The largest absolute Gasteiger partial charge is 0.381 e. The number of fused-ring (bicyclic) bond motifs is 1. The molecule has 3 heterocycles. The number of ether oxygens (including phenoxy) is 1. The zero-order valence-corrected chi connectivity index (χ0v) is 18.3. The third kappa shape index (κ3) is 4.42. The maximum Gasteiger partial charge on any atom is 0.253 e. The highest BCUT2D eigenvalue weighted by Crippen LogP contribution is 2.34. The molecule has 0 atom stereocenters. The molecule has 6 nitrogen and oxygen atoms in total. The van der Waals surface area contributed by atoms with Gasteiger partial charge >= 0.3 is 0 Å². The molecular weight excluding hydrogens is 395 g/mol. The molecule has 4 rings (SSSR count). The van der Waals surface area contributed by atoms with Crippen molar-refractivity contribution in [2.45, 2.75) is 46.2 Å². The molecule has 2 aromatic heterocycles. The van der Waals surface area contributed by atoms with E-state index in [1.807, 2.05) is 26.0 Å². The van der Waals surface area contributed by atoms with Gasteiger partial charge in [-0.05, 0) is 63.4 Å². The highest BCUT2D eigenvalue weighted by Gasteiger charge is 2.23. The SMILES string of the molecule is CCN(c1cc(F)cc2c(NCc3c(C)cc(C)[nH]c3=O)nccc12)C1CCOCC1. The van der Waals surface area contributed by atoms with Gasteiger partial charge in [0.25, 0.3) is 5.56 Å². The van der Waals surface area contributed by atoms with Crippen molar-refractivity contribution in [3.8, 4) is 0 Å². The van der Waals surface area contributed by atoms with Crippen molar-refractivity contribution in [1.82, 2.24) is 9.97 Å². The van der Waals surface area contributed by atoms with Crippen LogP contribution in [-0.4, -0.2) is 35.8 Å². The van der Waals surface area contributed by atoms with Crippen LogP contribution in [0.2, 0.25) is 0 Å². The second-order valence-corrected chi connectivity index (χ2v) is 8.11. The number of aromatic amines is 1. The molecule has 1 aromatic carbocycles. The molecule has 1 saturated heterocycles. The van der Waals surface area contributed by atoms with Crippen LogP contribution >= 0.6 is 0 Å². The van der Waals surface area contributed by atoms with Crippen LogP contribution < -0.4 is 15.8 Å². The summed E-state index contributed by atoms with van der Waals surface area (Å²) >= 11 is 0. The van der Waals surface area contributed by atoms with Crippen LogP contribution in [0.25, 0.3) is 10.8 Å². The van der Waals surface area contributed by atoms with Gasteiger partial charge in [0.15, 0.2) is 0 Å². The molecule has 0 aliphatic carbocycles. The van der Waals surface area contributed by atoms with Crippen molar-refractivity contribution >= 4 is 22.3 Å². The zero-order chi connectivity index (χ0) is 22.0. The minimum Gasteiger partial charge on any atom is -0.381 e. The summed E-state index contributed by atoms with van der Waals surface area (Å²) in [6.07, 6.45) is 3.59. The highest BCUT2D eigenvalue weighted by molar-refractivity contribution is 6.00. The third-order valence-electron chi connectivity index (χ3n) is 6.03. The monoisotopic (exact) mass is 424 g/mol. The number of halogens is 1. The van der Waals surface area contributed by atoms with Crippen LogP contribution in [0.3, 0.4) is 0 Å². The Hall–Kier alpha value is -2.93. The van der Waals surface area contributed by atoms with Gasteiger partial charge in [-0.15, -0.1) is 0 Å². The average Bonchev–Trinajstić information content (AvgIpc) is 2.74. The molecule has 0 bridgehead atoms. The van der Waals surface area contributed by atoms with Gasteiger partial charge in [-0.2, -0.15) is 0 Å². The first kappa shape index (κ1) is 21.3. The van der Waals surface area contributed by atoms with Crippen molar-refractivity contribution in [3.63, 3.8) is 0 Å². The molecule has 3 aromatic rings. The number of aromatic nitrogens is 2. The summed E-state index contributed by atoms with van der Waals surface area (Å²) in [6, 6.07) is 7.32. The third-order valence-corrected chi connectivity index (χ3v) is 6.03. The first-order valence-electron chi connectivity index (χ1n) is 10.8. The number of pyridine rings is 2. The second kappa shape index (κ2) is 9.06. The van der Waals surface area contributed by atoms with Crippen molar-refractivity contribution in [2.24, 2.45) is 0 Å². The van der Waals surface area contributed by atoms with E-state index in [1.54, 1.807) is 12.3 Å². The van der Waals surface area contributed by atoms with Crippen LogP contribution in [0.5, 0.6) is 0 Å². The van der Waals surface area contributed by atoms with E-state index in [-0.39, 0.29) is 11.4 Å². The standard InChI is InChI=1S/C24H29FN4O2/c1-4-29(18-6-9-31-10-7-18)22-13-17(25)12-20-19(22)5-8-26-23(20)27-14-21-15(2)11-16(3)28-24(21)30/h5,8,11-13,18H,4,6-7,9-10,14H2,1-3H3,(H,26,27)(H,28,30). The van der Waals surface area contributed by atoms with Crippen LogP contribution in [0.4, 0.5) is 15.9 Å². The summed E-state index contributed by atoms with van der Waals surface area (Å²) in [5.74, 6) is 0.272. The number of hydrogen-bond donors (Lipinski definition) is 2. The lowest BCUT2D eigenvalue weighted by atomic mass is 10.0. The smallest absolute Gasteiger partial charge is 0.253 e. The van der Waals surface area contributed by atoms with Gasteiger partial charge in [-0.1, -0.05) is 0 Å². The molecule has 0 radical (unpaired) electrons. The Bertz CT molecular complexity index is 1140. The van der Waals surface area contributed by atoms with Crippen LogP contribution in [0.15, 0.2) is 35.3 Å². The topological polar surface area (TPSA) is 70.2 Å². The van der Waals surface area contributed by atoms with Crippen molar-refractivity contribution < 1.29 is 9.13 Å². The number of hydrogen-bond acceptors (Lipinski definition) is 5. The highest BCUT2D eigenvalue weighted by atomic mass is 19.1. The maximum atomic E-state index is 14.7. The zero-order valence-electron chi connectivity index (χ0n) is 18.3. The fraction of sp³-hybridized carbons (Fsp3) is 0.417. The van der Waals surface area contributed by atoms with Gasteiger partial charge < -0.3 is 19.9 Å². The van der Waals surface area contributed by atoms with Crippen molar-refractivity contribution in [1.29, 1.82) is 0 Å². The van der Waals surface area contributed by atoms with E-state index in [0.29, 0.717) is 29.4 Å². The Labute approximate surface area is 181 Å². The molecule has 0 saturated carbocycles. The minimum absolute atomic E-state index is 0.117. The Kier molecular flexibility index (Phi) is 6.23. The number of benzene rings is 1. The number of anilines is 2. The number of rotatable bonds is 6. The predicted octanol–water partition coefficient (Wildman–Crippen LogP) is 4.30. The number of nitrogens with one attached hydrogen (secondary N) is 2. The lowest BCUT2D eigenvalue weighted by Gasteiger charge is -2.36. The molecule has 7 heteroatoms. The maximum absolute atomic E-state index is 14.7. The second-order valence-electron chi connectivity index (χ2n) is 8.11. The van der Waals surface area contributed by atoms with Crippen LogP contribution in [-0.2, 0) is 11.3 Å². The summed E-state index contributed by atoms with van der Waals surface area (Å²) in [6.45, 7) is 8.43. The van der Waals surface area contributed by atoms with E-state index in [0.717, 1.165) is 54.9 Å². The Morgan fingerprint density at radius 3 is 2.71 bits per heavy atom. The summed E-state index contributed by atoms with van der Waals surface area (Å²) in [7, 11) is 0. The summed E-state index contributed by atoms with van der Waals surface area (Å²) in [5, 5.41) is 4.92. The van der Waals surface area contributed by atoms with Gasteiger partial charge in [0.05, 0.1) is 0 Å². The van der Waals surface area contributed by atoms with E-state index in [9.17, 15) is 9.18 Å². The molecule has 1 fully saturated rings. The molecule has 164 valence electrons. The van der Waals surface area contributed by atoms with E-state index >= 15 is 0 Å². The van der Waals surface area contributed by atoms with E-state index in [1.165, 1.54) is 6.07 Å². The first-order chi connectivity index (χ1) is 15.0. The van der Waals surface area contributed by atoms with Gasteiger partial charge in [0.2, 0.25) is 0 Å². The lowest BCUT2D eigenvalue weighted by molar-refractivity contribution is 0.0847. The average molecular weight is 425 g/mol. The Balaban J connectivity index is 1.71. The van der Waals surface area contributed by atoms with E-state index in [2.05, 4.69) is 27.1 Å². The number of aryl methyl sites for hydroxylation is 2. The molecule has 2 N–H and O–H groups in total. The molecular formula is C24H29FN4O2. The summed E-state index contributed by atoms with van der Waals surface area (Å²) < 4.78 is 20.2. The van der Waals surface area contributed by atoms with Gasteiger partial charge in [0.1, 0.15) is 11.6 Å². The molecule has 1 aliphatic heterocycles. The first-order valence-corrected chi connectivity index (χ1v) is 10.8. The van der Waals surface area contributed by atoms with E-state index in [4.69, 9.17) is 4.74 Å². The lowest BCUT2D eigenvalue weighted by Crippen LogP contribution is -2.39. The fourth-order valence-electron chi connectivity index (χ4n) is 4.50. The van der Waals surface area contributed by atoms with Crippen LogP contribution in [0, 0.1) is 19.7 Å². The van der Waals surface area contributed by atoms with Gasteiger partial charge in [-0.25, -0.2) is 9.37 Å². The van der Waals surface area contributed by atoms with Crippen molar-refractivity contribution in [2.75, 3.05) is 30.0 Å². The predicted molar refractivity (Wildman–Crippen MR) is 122 cm³/mol. The van der Waals surface area contributed by atoms with Crippen molar-refractivity contribution in [3.05, 3.63) is 63.5 Å². The Morgan fingerprint density at radius 1 is 1.23 bits per heavy atom. The van der Waals surface area contributed by atoms with Crippen LogP contribution in [0.1, 0.15) is 36.6 Å². The quantitative estimate of drug-likeness (QED) is 0.618. The van der Waals surface area contributed by atoms with Gasteiger partial charge in [0, 0.05) is 66.3 Å². The number of H-pyrrole nitrogens is 1. The number of nitrogens with zero attached hydrogens (tertiary/aromatic N) is 2. The van der Waals surface area contributed by atoms with Gasteiger partial charge in [-0.3, -0.25) is 4.79 Å². The molecule has 0 amide bonds. The summed E-state index contributed by atoms with van der Waals surface area (Å²) in [4.78, 5) is 21.9. The fourth-order valence-corrected chi connectivity index (χ4v) is 4.50. The minimum atomic E-state index is -0.298. The van der Waals surface area contributed by atoms with E-state index < -0.39 is 0 Å². The molecule has 0 spiro atoms. The Morgan fingerprint density at radius 2 is 2.00 bits per heavy atom. The molecule has 31 heavy (non-hydrogen) atoms.